The lowest BCUT2D eigenvalue weighted by Crippen LogP contribution is -2.36. The zero-order valence-corrected chi connectivity index (χ0v) is 20.6. The second-order valence-corrected chi connectivity index (χ2v) is 8.88. The highest BCUT2D eigenvalue weighted by atomic mass is 35.5. The summed E-state index contributed by atoms with van der Waals surface area (Å²) >= 11 is 6.54. The molecule has 0 radical (unpaired) electrons. The van der Waals surface area contributed by atoms with Crippen molar-refractivity contribution in [1.82, 2.24) is 9.88 Å². The monoisotopic (exact) mass is 540 g/mol. The van der Waals surface area contributed by atoms with Gasteiger partial charge in [-0.15, -0.1) is 0 Å². The van der Waals surface area contributed by atoms with Crippen molar-refractivity contribution in [3.8, 4) is 17.4 Å². The van der Waals surface area contributed by atoms with E-state index in [4.69, 9.17) is 21.1 Å². The summed E-state index contributed by atoms with van der Waals surface area (Å²) in [4.78, 5) is 52.6. The molecule has 4 rings (SSSR count). The van der Waals surface area contributed by atoms with Crippen LogP contribution in [0, 0.1) is 10.1 Å². The maximum absolute atomic E-state index is 12.8. The van der Waals surface area contributed by atoms with Gasteiger partial charge in [0.1, 0.15) is 12.7 Å². The molecule has 3 amide bonds. The number of benzene rings is 2. The Bertz CT molecular complexity index is 1410. The number of hydrogen-bond donors (Lipinski definition) is 1. The van der Waals surface area contributed by atoms with E-state index in [0.717, 1.165) is 11.1 Å². The normalized spacial score (nSPS) is 14.1. The van der Waals surface area contributed by atoms with Crippen LogP contribution in [0.2, 0.25) is 5.02 Å². The number of thioether (sulfide) groups is 1. The molecule has 0 atom stereocenters. The van der Waals surface area contributed by atoms with E-state index in [1.807, 2.05) is 0 Å². The van der Waals surface area contributed by atoms with E-state index < -0.39 is 28.5 Å². The van der Waals surface area contributed by atoms with E-state index >= 15 is 0 Å². The second kappa shape index (κ2) is 11.1. The Labute approximate surface area is 219 Å². The number of pyridine rings is 1. The van der Waals surface area contributed by atoms with Crippen molar-refractivity contribution < 1.29 is 28.8 Å². The molecular weight excluding hydrogens is 524 g/mol. The number of carbonyl (C=O) groups excluding carboxylic acids is 3. The summed E-state index contributed by atoms with van der Waals surface area (Å²) in [5.41, 5.74) is 0.846. The van der Waals surface area contributed by atoms with Crippen LogP contribution in [-0.4, -0.2) is 45.5 Å². The first-order valence-electron chi connectivity index (χ1n) is 10.5. The third kappa shape index (κ3) is 6.23. The number of hydrogen-bond acceptors (Lipinski definition) is 9. The molecule has 0 bridgehead atoms. The molecule has 1 aliphatic heterocycles. The Morgan fingerprint density at radius 2 is 1.92 bits per heavy atom. The number of halogens is 1. The van der Waals surface area contributed by atoms with Gasteiger partial charge in [0.15, 0.2) is 11.5 Å². The SMILES string of the molecule is COc1cc(/C=C2/SC(=O)N(CC(=O)Nc3ccc(Cl)cc3)C2=O)ccc1Oc1ccc([N+](=O)[O-])cn1. The molecule has 1 N–H and O–H groups in total. The highest BCUT2D eigenvalue weighted by Crippen LogP contribution is 2.36. The Kier molecular flexibility index (Phi) is 7.70. The largest absolute Gasteiger partial charge is 0.493 e. The van der Waals surface area contributed by atoms with Crippen LogP contribution in [0.5, 0.6) is 17.4 Å². The first-order valence-corrected chi connectivity index (χ1v) is 11.7. The average Bonchev–Trinajstić information content (AvgIpc) is 3.13. The fourth-order valence-corrected chi connectivity index (χ4v) is 4.14. The molecule has 0 unspecified atom stereocenters. The smallest absolute Gasteiger partial charge is 0.294 e. The lowest BCUT2D eigenvalue weighted by Gasteiger charge is -2.12. The summed E-state index contributed by atoms with van der Waals surface area (Å²) < 4.78 is 11.0. The highest BCUT2D eigenvalue weighted by Gasteiger charge is 2.36. The quantitative estimate of drug-likeness (QED) is 0.234. The average molecular weight is 541 g/mol. The van der Waals surface area contributed by atoms with Crippen LogP contribution in [0.3, 0.4) is 0 Å². The molecular formula is C24H17ClN4O7S. The van der Waals surface area contributed by atoms with Gasteiger partial charge in [-0.1, -0.05) is 17.7 Å². The molecule has 11 nitrogen and oxygen atoms in total. The van der Waals surface area contributed by atoms with Gasteiger partial charge in [0.05, 0.1) is 16.9 Å². The predicted octanol–water partition coefficient (Wildman–Crippen LogP) is 5.12. The van der Waals surface area contributed by atoms with E-state index in [2.05, 4.69) is 10.3 Å². The molecule has 13 heteroatoms. The van der Waals surface area contributed by atoms with Gasteiger partial charge in [-0.25, -0.2) is 4.98 Å². The highest BCUT2D eigenvalue weighted by molar-refractivity contribution is 8.18. The minimum absolute atomic E-state index is 0.120. The molecule has 2 heterocycles. The van der Waals surface area contributed by atoms with Crippen molar-refractivity contribution in [3.63, 3.8) is 0 Å². The summed E-state index contributed by atoms with van der Waals surface area (Å²) in [6.07, 6.45) is 2.57. The number of amides is 3. The van der Waals surface area contributed by atoms with Gasteiger partial charge >= 0.3 is 0 Å². The van der Waals surface area contributed by atoms with E-state index in [1.54, 1.807) is 42.5 Å². The molecule has 2 aromatic carbocycles. The maximum atomic E-state index is 12.8. The number of nitrogens with one attached hydrogen (secondary N) is 1. The molecule has 0 aliphatic carbocycles. The molecule has 0 saturated carbocycles. The third-order valence-corrected chi connectivity index (χ3v) is 6.09. The van der Waals surface area contributed by atoms with Crippen molar-refractivity contribution in [3.05, 3.63) is 86.4 Å². The van der Waals surface area contributed by atoms with Gasteiger partial charge in [0.25, 0.3) is 16.8 Å². The van der Waals surface area contributed by atoms with E-state index in [0.29, 0.717) is 33.8 Å². The summed E-state index contributed by atoms with van der Waals surface area (Å²) in [6, 6.07) is 13.8. The van der Waals surface area contributed by atoms with Crippen molar-refractivity contribution >= 4 is 57.9 Å². The first-order chi connectivity index (χ1) is 17.7. The fraction of sp³-hybridized carbons (Fsp3) is 0.0833. The number of methoxy groups -OCH3 is 1. The van der Waals surface area contributed by atoms with Crippen LogP contribution in [0.1, 0.15) is 5.56 Å². The van der Waals surface area contributed by atoms with Gasteiger partial charge in [-0.2, -0.15) is 0 Å². The number of anilines is 1. The van der Waals surface area contributed by atoms with Crippen molar-refractivity contribution in [2.75, 3.05) is 19.0 Å². The Morgan fingerprint density at radius 3 is 2.57 bits per heavy atom. The number of ether oxygens (including phenoxy) is 2. The lowest BCUT2D eigenvalue weighted by atomic mass is 10.2. The number of imide groups is 1. The zero-order chi connectivity index (χ0) is 26.5. The van der Waals surface area contributed by atoms with Gasteiger partial charge in [0.2, 0.25) is 11.8 Å². The Hall–Kier alpha value is -4.42. The summed E-state index contributed by atoms with van der Waals surface area (Å²) in [5.74, 6) is -0.428. The Morgan fingerprint density at radius 1 is 1.16 bits per heavy atom. The Balaban J connectivity index is 1.45. The van der Waals surface area contributed by atoms with Crippen LogP contribution in [0.4, 0.5) is 16.2 Å². The second-order valence-electron chi connectivity index (χ2n) is 7.45. The van der Waals surface area contributed by atoms with Crippen LogP contribution in [0.25, 0.3) is 6.08 Å². The topological polar surface area (TPSA) is 141 Å². The van der Waals surface area contributed by atoms with E-state index in [-0.39, 0.29) is 22.2 Å². The summed E-state index contributed by atoms with van der Waals surface area (Å²) in [5, 5.41) is 13.3. The molecule has 1 aliphatic rings. The van der Waals surface area contributed by atoms with Crippen LogP contribution >= 0.6 is 23.4 Å². The first kappa shape index (κ1) is 25.7. The molecule has 1 fully saturated rings. The number of nitro groups is 1. The van der Waals surface area contributed by atoms with Gasteiger partial charge < -0.3 is 14.8 Å². The number of carbonyl (C=O) groups is 3. The number of aromatic nitrogens is 1. The molecule has 188 valence electrons. The minimum Gasteiger partial charge on any atom is -0.493 e. The van der Waals surface area contributed by atoms with Crippen LogP contribution in [0.15, 0.2) is 65.7 Å². The van der Waals surface area contributed by atoms with Gasteiger partial charge in [0, 0.05) is 22.8 Å². The van der Waals surface area contributed by atoms with Gasteiger partial charge in [-0.05, 0) is 59.8 Å². The minimum atomic E-state index is -0.601. The lowest BCUT2D eigenvalue weighted by molar-refractivity contribution is -0.385. The maximum Gasteiger partial charge on any atom is 0.294 e. The fourth-order valence-electron chi connectivity index (χ4n) is 3.18. The number of rotatable bonds is 8. The summed E-state index contributed by atoms with van der Waals surface area (Å²) in [7, 11) is 1.42. The molecule has 1 aromatic heterocycles. The van der Waals surface area contributed by atoms with E-state index in [9.17, 15) is 24.5 Å². The van der Waals surface area contributed by atoms with Crippen molar-refractivity contribution in [1.29, 1.82) is 0 Å². The molecule has 0 spiro atoms. The van der Waals surface area contributed by atoms with Crippen LogP contribution in [-0.2, 0) is 9.59 Å². The predicted molar refractivity (Wildman–Crippen MR) is 137 cm³/mol. The van der Waals surface area contributed by atoms with Crippen molar-refractivity contribution in [2.24, 2.45) is 0 Å². The summed E-state index contributed by atoms with van der Waals surface area (Å²) in [6.45, 7) is -0.441. The molecule has 1 saturated heterocycles. The van der Waals surface area contributed by atoms with Crippen molar-refractivity contribution in [2.45, 2.75) is 0 Å². The van der Waals surface area contributed by atoms with Crippen LogP contribution < -0.4 is 14.8 Å². The number of nitrogens with zero attached hydrogens (tertiary/aromatic N) is 3. The zero-order valence-electron chi connectivity index (χ0n) is 19.0. The van der Waals surface area contributed by atoms with Gasteiger partial charge in [-0.3, -0.25) is 29.4 Å². The van der Waals surface area contributed by atoms with E-state index in [1.165, 1.54) is 25.3 Å². The standard InChI is InChI=1S/C24H17ClN4O7S/c1-35-19-10-14(2-8-18(19)36-22-9-7-17(12-26-22)29(33)34)11-20-23(31)28(24(32)37-20)13-21(30)27-16-5-3-15(25)4-6-16/h2-12H,13H2,1H3,(H,27,30)/b20-11+. The molecule has 37 heavy (non-hydrogen) atoms. The molecule has 3 aromatic rings. The third-order valence-electron chi connectivity index (χ3n) is 4.93.